The number of para-hydroxylation sites is 1. The lowest BCUT2D eigenvalue weighted by Gasteiger charge is -2.33. The van der Waals surface area contributed by atoms with Gasteiger partial charge in [0.05, 0.1) is 16.3 Å². The van der Waals surface area contributed by atoms with Crippen molar-refractivity contribution in [2.75, 3.05) is 7.11 Å². The number of nitrogens with zero attached hydrogens (tertiary/aromatic N) is 2. The lowest BCUT2D eigenvalue weighted by Crippen LogP contribution is -2.45. The highest BCUT2D eigenvalue weighted by Gasteiger charge is 2.31. The average Bonchev–Trinajstić information content (AvgIpc) is 2.95. The first kappa shape index (κ1) is 19.5. The number of fused-ring (bicyclic) bond motifs is 1. The summed E-state index contributed by atoms with van der Waals surface area (Å²) in [5.74, 6) is 1.38. The Labute approximate surface area is 175 Å². The first-order valence-electron chi connectivity index (χ1n) is 9.48. The topological polar surface area (TPSA) is 53.2 Å². The molecule has 2 aromatic heterocycles. The lowest BCUT2D eigenvalue weighted by atomic mass is 9.81. The Bertz CT molecular complexity index is 1150. The molecule has 2 heterocycles. The lowest BCUT2D eigenvalue weighted by molar-refractivity contribution is 0.204. The van der Waals surface area contributed by atoms with Crippen LogP contribution in [-0.4, -0.2) is 16.2 Å². The van der Waals surface area contributed by atoms with Crippen molar-refractivity contribution < 1.29 is 4.74 Å². The molecular weight excluding hydrogens is 440 g/mol. The monoisotopic (exact) mass is 462 g/mol. The molecule has 0 bridgehead atoms. The van der Waals surface area contributed by atoms with Crippen LogP contribution in [0.15, 0.2) is 37.6 Å². The third-order valence-electron chi connectivity index (χ3n) is 5.70. The largest absolute Gasteiger partial charge is 0.496 e. The first-order valence-corrected chi connectivity index (χ1v) is 11.1. The van der Waals surface area contributed by atoms with Crippen LogP contribution in [0.3, 0.4) is 0 Å². The minimum absolute atomic E-state index is 0.00925. The van der Waals surface area contributed by atoms with Gasteiger partial charge < -0.3 is 4.74 Å². The summed E-state index contributed by atoms with van der Waals surface area (Å²) < 4.78 is 9.62. The molecule has 1 aliphatic rings. The Balaban J connectivity index is 1.84. The molecule has 1 fully saturated rings. The predicted molar refractivity (Wildman–Crippen MR) is 117 cm³/mol. The smallest absolute Gasteiger partial charge is 0.332 e. The standard InChI is InChI=1S/C21H23BrN2O3S/c1-12-10-15(11-12)24-19(25)17-13(2)18(22)28-20(17)23(21(24)26)9-8-14-6-4-5-7-16(14)27-3/h4-7,12,15H,8-11H2,1-3H3. The van der Waals surface area contributed by atoms with E-state index in [1.165, 1.54) is 15.9 Å². The van der Waals surface area contributed by atoms with Crippen LogP contribution >= 0.6 is 27.3 Å². The summed E-state index contributed by atoms with van der Waals surface area (Å²) in [6.45, 7) is 4.60. The third-order valence-corrected chi connectivity index (χ3v) is 7.88. The molecule has 3 aromatic rings. The molecule has 5 nitrogen and oxygen atoms in total. The predicted octanol–water partition coefficient (Wildman–Crippen LogP) is 4.52. The van der Waals surface area contributed by atoms with Crippen molar-refractivity contribution in [1.82, 2.24) is 9.13 Å². The fourth-order valence-electron chi connectivity index (χ4n) is 4.07. The number of rotatable bonds is 5. The molecule has 148 valence electrons. The molecule has 0 unspecified atom stereocenters. The maximum Gasteiger partial charge on any atom is 0.332 e. The van der Waals surface area contributed by atoms with Crippen molar-refractivity contribution in [1.29, 1.82) is 0 Å². The highest BCUT2D eigenvalue weighted by molar-refractivity contribution is 9.11. The molecule has 0 saturated heterocycles. The Hall–Kier alpha value is -1.86. The van der Waals surface area contributed by atoms with Crippen LogP contribution in [0.1, 0.15) is 36.9 Å². The van der Waals surface area contributed by atoms with Gasteiger partial charge in [-0.25, -0.2) is 4.79 Å². The number of ether oxygens (including phenoxy) is 1. The Morgan fingerprint density at radius 3 is 2.64 bits per heavy atom. The summed E-state index contributed by atoms with van der Waals surface area (Å²) in [5.41, 5.74) is 1.62. The zero-order valence-electron chi connectivity index (χ0n) is 16.2. The van der Waals surface area contributed by atoms with E-state index in [-0.39, 0.29) is 17.3 Å². The zero-order chi connectivity index (χ0) is 20.0. The Morgan fingerprint density at radius 2 is 1.96 bits per heavy atom. The molecule has 1 saturated carbocycles. The minimum Gasteiger partial charge on any atom is -0.496 e. The van der Waals surface area contributed by atoms with Crippen molar-refractivity contribution in [2.24, 2.45) is 5.92 Å². The van der Waals surface area contributed by atoms with Crippen LogP contribution in [0.2, 0.25) is 0 Å². The van der Waals surface area contributed by atoms with E-state index in [4.69, 9.17) is 4.74 Å². The Kier molecular flexibility index (Phi) is 5.22. The van der Waals surface area contributed by atoms with E-state index < -0.39 is 0 Å². The molecule has 1 aromatic carbocycles. The average molecular weight is 463 g/mol. The zero-order valence-corrected chi connectivity index (χ0v) is 18.6. The van der Waals surface area contributed by atoms with Crippen molar-refractivity contribution in [3.63, 3.8) is 0 Å². The van der Waals surface area contributed by atoms with Crippen LogP contribution < -0.4 is 16.0 Å². The third kappa shape index (κ3) is 3.14. The van der Waals surface area contributed by atoms with E-state index in [0.29, 0.717) is 24.3 Å². The summed E-state index contributed by atoms with van der Waals surface area (Å²) in [5, 5.41) is 0.663. The van der Waals surface area contributed by atoms with Crippen molar-refractivity contribution in [2.45, 2.75) is 45.7 Å². The molecule has 4 rings (SSSR count). The van der Waals surface area contributed by atoms with Crippen molar-refractivity contribution in [3.8, 4) is 5.75 Å². The molecule has 0 aliphatic heterocycles. The summed E-state index contributed by atoms with van der Waals surface area (Å²) in [6, 6.07) is 7.86. The summed E-state index contributed by atoms with van der Waals surface area (Å²) >= 11 is 5.02. The number of aromatic nitrogens is 2. The van der Waals surface area contributed by atoms with E-state index in [1.807, 2.05) is 31.2 Å². The molecule has 0 spiro atoms. The molecule has 0 radical (unpaired) electrons. The van der Waals surface area contributed by atoms with Gasteiger partial charge >= 0.3 is 5.69 Å². The van der Waals surface area contributed by atoms with Gasteiger partial charge in [-0.2, -0.15) is 0 Å². The summed E-state index contributed by atoms with van der Waals surface area (Å²) in [6.07, 6.45) is 2.43. The number of thiophene rings is 1. The van der Waals surface area contributed by atoms with Gasteiger partial charge in [0.25, 0.3) is 5.56 Å². The normalized spacial score (nSPS) is 19.0. The highest BCUT2D eigenvalue weighted by atomic mass is 79.9. The molecule has 0 atom stereocenters. The summed E-state index contributed by atoms with van der Waals surface area (Å²) in [4.78, 5) is 27.2. The number of hydrogen-bond donors (Lipinski definition) is 0. The van der Waals surface area contributed by atoms with Gasteiger partial charge in [0.15, 0.2) is 0 Å². The SMILES string of the molecule is COc1ccccc1CCn1c(=O)n(C2CC(C)C2)c(=O)c2c(C)c(Br)sc21. The second kappa shape index (κ2) is 7.52. The molecular formula is C21H23BrN2O3S. The second-order valence-corrected chi connectivity index (χ2v) is 9.90. The molecule has 0 N–H and O–H groups in total. The number of benzene rings is 1. The molecule has 0 amide bonds. The number of aryl methyl sites for hydroxylation is 3. The maximum absolute atomic E-state index is 13.3. The molecule has 1 aliphatic carbocycles. The van der Waals surface area contributed by atoms with E-state index in [9.17, 15) is 9.59 Å². The van der Waals surface area contributed by atoms with Crippen LogP contribution in [-0.2, 0) is 13.0 Å². The van der Waals surface area contributed by atoms with Crippen LogP contribution in [0, 0.1) is 12.8 Å². The summed E-state index contributed by atoms with van der Waals surface area (Å²) in [7, 11) is 1.65. The van der Waals surface area contributed by atoms with Crippen LogP contribution in [0.5, 0.6) is 5.75 Å². The van der Waals surface area contributed by atoms with Gasteiger partial charge in [0.2, 0.25) is 0 Å². The highest BCUT2D eigenvalue weighted by Crippen LogP contribution is 2.37. The van der Waals surface area contributed by atoms with Crippen molar-refractivity contribution in [3.05, 3.63) is 60.0 Å². The van der Waals surface area contributed by atoms with Crippen molar-refractivity contribution >= 4 is 37.5 Å². The van der Waals surface area contributed by atoms with Crippen LogP contribution in [0.4, 0.5) is 0 Å². The molecule has 7 heteroatoms. The van der Waals surface area contributed by atoms with Gasteiger partial charge in [0, 0.05) is 12.6 Å². The minimum atomic E-state index is -0.196. The van der Waals surface area contributed by atoms with Gasteiger partial charge in [0.1, 0.15) is 10.6 Å². The number of hydrogen-bond acceptors (Lipinski definition) is 4. The molecule has 28 heavy (non-hydrogen) atoms. The van der Waals surface area contributed by atoms with Gasteiger partial charge in [-0.3, -0.25) is 13.9 Å². The van der Waals surface area contributed by atoms with Gasteiger partial charge in [-0.05, 0) is 65.2 Å². The van der Waals surface area contributed by atoms with Crippen LogP contribution in [0.25, 0.3) is 10.2 Å². The van der Waals surface area contributed by atoms with Gasteiger partial charge in [-0.1, -0.05) is 25.1 Å². The Morgan fingerprint density at radius 1 is 1.25 bits per heavy atom. The fraction of sp³-hybridized carbons (Fsp3) is 0.429. The number of halogens is 1. The van der Waals surface area contributed by atoms with Gasteiger partial charge in [-0.15, -0.1) is 11.3 Å². The van der Waals surface area contributed by atoms with E-state index in [0.717, 1.165) is 38.3 Å². The second-order valence-electron chi connectivity index (χ2n) is 7.58. The quantitative estimate of drug-likeness (QED) is 0.559. The van der Waals surface area contributed by atoms with E-state index in [2.05, 4.69) is 22.9 Å². The first-order chi connectivity index (χ1) is 13.4. The fourth-order valence-corrected chi connectivity index (χ4v) is 5.77. The number of methoxy groups -OCH3 is 1. The van der Waals surface area contributed by atoms with E-state index >= 15 is 0 Å². The van der Waals surface area contributed by atoms with E-state index in [1.54, 1.807) is 11.7 Å². The maximum atomic E-state index is 13.3.